The van der Waals surface area contributed by atoms with Gasteiger partial charge < -0.3 is 89.3 Å². The summed E-state index contributed by atoms with van der Waals surface area (Å²) < 4.78 is 40.0. The van der Waals surface area contributed by atoms with Crippen molar-refractivity contribution in [3.63, 3.8) is 0 Å². The topological polar surface area (TPSA) is 304 Å². The Hall–Kier alpha value is -3.67. The lowest BCUT2D eigenvalue weighted by Gasteiger charge is -2.46. The Kier molecular flexibility index (Phi) is 13.2. The number of aliphatic hydroxyl groups is 7. The molecule has 0 saturated carbocycles. The third-order valence-corrected chi connectivity index (χ3v) is 9.09. The summed E-state index contributed by atoms with van der Waals surface area (Å²) in [6, 6.07) is 7.83. The van der Waals surface area contributed by atoms with Crippen LogP contribution >= 0.6 is 0 Å². The fourth-order valence-corrected chi connectivity index (χ4v) is 5.87. The molecule has 13 atom stereocenters. The van der Waals surface area contributed by atoms with Crippen molar-refractivity contribution in [1.82, 2.24) is 0 Å². The Bertz CT molecular complexity index is 1570. The van der Waals surface area contributed by atoms with E-state index in [4.69, 9.17) is 33.2 Å². The van der Waals surface area contributed by atoms with Crippen molar-refractivity contribution in [2.75, 3.05) is 26.4 Å². The van der Waals surface area contributed by atoms with E-state index in [1.54, 1.807) is 0 Å². The normalized spacial score (nSPS) is 36.2. The highest BCUT2D eigenvalue weighted by molar-refractivity contribution is 5.87. The van der Waals surface area contributed by atoms with Crippen LogP contribution in [0.15, 0.2) is 42.5 Å². The number of hydrogen-bond acceptors (Lipinski definition) is 19. The number of carbonyl (C=O) groups is 1. The Morgan fingerprint density at radius 1 is 0.830 bits per heavy atom. The number of ether oxygens (including phenoxy) is 7. The maximum Gasteiger partial charge on any atom is 0.331 e. The minimum Gasteiger partial charge on any atom is -0.504 e. The summed E-state index contributed by atoms with van der Waals surface area (Å²) in [7, 11) is 0. The summed E-state index contributed by atoms with van der Waals surface area (Å²) in [4.78, 5) is 13.2. The quantitative estimate of drug-likeness (QED) is 0.0569. The first-order valence-electron chi connectivity index (χ1n) is 16.6. The zero-order valence-electron chi connectivity index (χ0n) is 28.3. The summed E-state index contributed by atoms with van der Waals surface area (Å²) in [6.07, 6.45) is -17.0. The van der Waals surface area contributed by atoms with E-state index in [0.29, 0.717) is 5.56 Å². The number of phenols is 4. The maximum absolute atomic E-state index is 13.2. The van der Waals surface area contributed by atoms with Crippen LogP contribution in [0.25, 0.3) is 6.08 Å². The first-order chi connectivity index (χ1) is 25.1. The van der Waals surface area contributed by atoms with Crippen LogP contribution in [-0.4, -0.2) is 168 Å². The van der Waals surface area contributed by atoms with Crippen molar-refractivity contribution in [3.05, 3.63) is 53.6 Å². The zero-order valence-corrected chi connectivity index (χ0v) is 28.3. The minimum absolute atomic E-state index is 0.136. The van der Waals surface area contributed by atoms with Gasteiger partial charge in [-0.15, -0.1) is 0 Å². The van der Waals surface area contributed by atoms with E-state index in [1.165, 1.54) is 49.4 Å². The van der Waals surface area contributed by atoms with Gasteiger partial charge in [0.1, 0.15) is 48.3 Å². The Morgan fingerprint density at radius 2 is 1.53 bits per heavy atom. The lowest BCUT2D eigenvalue weighted by atomic mass is 9.96. The summed E-state index contributed by atoms with van der Waals surface area (Å²) in [5.74, 6) is -2.62. The number of hydrogen-bond donors (Lipinski definition) is 11. The standard InChI is InChI=1S/C34H44O19/c1-15-24(41)25(42)26(43)32(50-15)53-29-27(44)31(47-9-8-17-3-6-19(37)21(39)11-17)51-22(12-48-33-30(45)34(46,13-35)14-49-33)28(29)52-23(40)7-4-16-2-5-18(36)20(38)10-16/h2-7,10-11,15,22,24-33,35-39,41-46H,8-9,12-14H2,1H3. The zero-order chi connectivity index (χ0) is 38.6. The SMILES string of the molecule is CC1OC(OC2C(O)C(OCCc3ccc(O)c(O)c3)OC(COC3OCC(O)(CO)C3O)C2OC(=O)C=Cc2ccc(O)c(O)c2)C(O)C(O)C1O. The van der Waals surface area contributed by atoms with Gasteiger partial charge in [0.05, 0.1) is 32.5 Å². The second kappa shape index (κ2) is 17.2. The second-order valence-corrected chi connectivity index (χ2v) is 13.0. The van der Waals surface area contributed by atoms with Crippen LogP contribution in [0.5, 0.6) is 23.0 Å². The Labute approximate surface area is 302 Å². The highest BCUT2D eigenvalue weighted by atomic mass is 16.8. The molecule has 5 rings (SSSR count). The Balaban J connectivity index is 1.42. The molecule has 0 amide bonds. The predicted octanol–water partition coefficient (Wildman–Crippen LogP) is -2.55. The molecule has 3 aliphatic rings. The molecule has 2 aromatic carbocycles. The van der Waals surface area contributed by atoms with Crippen molar-refractivity contribution in [2.45, 2.75) is 92.8 Å². The first-order valence-corrected chi connectivity index (χ1v) is 16.6. The second-order valence-electron chi connectivity index (χ2n) is 13.0. The molecule has 0 radical (unpaired) electrons. The maximum atomic E-state index is 13.2. The van der Waals surface area contributed by atoms with Crippen molar-refractivity contribution < 1.29 is 94.1 Å². The molecule has 3 aliphatic heterocycles. The molecule has 0 aliphatic carbocycles. The molecule has 13 unspecified atom stereocenters. The molecular weight excluding hydrogens is 712 g/mol. The van der Waals surface area contributed by atoms with E-state index in [2.05, 4.69) is 0 Å². The van der Waals surface area contributed by atoms with Gasteiger partial charge in [0.25, 0.3) is 0 Å². The lowest BCUT2D eigenvalue weighted by molar-refractivity contribution is -0.360. The number of aromatic hydroxyl groups is 4. The van der Waals surface area contributed by atoms with Gasteiger partial charge in [-0.25, -0.2) is 4.79 Å². The van der Waals surface area contributed by atoms with Gasteiger partial charge in [0.2, 0.25) is 0 Å². The molecule has 294 valence electrons. The molecule has 0 bridgehead atoms. The smallest absolute Gasteiger partial charge is 0.331 e. The average molecular weight is 757 g/mol. The van der Waals surface area contributed by atoms with E-state index in [9.17, 15) is 61.0 Å². The summed E-state index contributed by atoms with van der Waals surface area (Å²) in [5, 5.41) is 112. The summed E-state index contributed by atoms with van der Waals surface area (Å²) in [5.41, 5.74) is -1.24. The van der Waals surface area contributed by atoms with Gasteiger partial charge in [-0.2, -0.15) is 0 Å². The fraction of sp³-hybridized carbons (Fsp3) is 0.559. The van der Waals surface area contributed by atoms with Crippen molar-refractivity contribution in [2.24, 2.45) is 0 Å². The largest absolute Gasteiger partial charge is 0.504 e. The molecule has 3 fully saturated rings. The van der Waals surface area contributed by atoms with Gasteiger partial charge in [-0.1, -0.05) is 12.1 Å². The molecule has 0 spiro atoms. The summed E-state index contributed by atoms with van der Waals surface area (Å²) >= 11 is 0. The number of rotatable bonds is 13. The predicted molar refractivity (Wildman–Crippen MR) is 174 cm³/mol. The van der Waals surface area contributed by atoms with Gasteiger partial charge in [0, 0.05) is 6.08 Å². The van der Waals surface area contributed by atoms with Gasteiger partial charge in [-0.05, 0) is 54.8 Å². The van der Waals surface area contributed by atoms with Crippen LogP contribution in [-0.2, 0) is 44.4 Å². The molecule has 19 heteroatoms. The number of benzene rings is 2. The van der Waals surface area contributed by atoms with Crippen molar-refractivity contribution in [1.29, 1.82) is 0 Å². The number of esters is 1. The van der Waals surface area contributed by atoms with Crippen molar-refractivity contribution in [3.8, 4) is 23.0 Å². The van der Waals surface area contributed by atoms with Gasteiger partial charge in [-0.3, -0.25) is 0 Å². The Morgan fingerprint density at radius 3 is 2.19 bits per heavy atom. The van der Waals surface area contributed by atoms with Crippen LogP contribution in [0.3, 0.4) is 0 Å². The van der Waals surface area contributed by atoms with Crippen LogP contribution in [0.1, 0.15) is 18.1 Å². The van der Waals surface area contributed by atoms with Crippen LogP contribution in [0, 0.1) is 0 Å². The van der Waals surface area contributed by atoms with E-state index in [1.807, 2.05) is 0 Å². The highest BCUT2D eigenvalue weighted by Crippen LogP contribution is 2.34. The van der Waals surface area contributed by atoms with E-state index < -0.39 is 117 Å². The summed E-state index contributed by atoms with van der Waals surface area (Å²) in [6.45, 7) is -0.718. The third-order valence-electron chi connectivity index (χ3n) is 9.09. The van der Waals surface area contributed by atoms with Crippen LogP contribution in [0.4, 0.5) is 0 Å². The number of phenolic OH excluding ortho intramolecular Hbond substituents is 4. The average Bonchev–Trinajstić information content (AvgIpc) is 3.42. The van der Waals surface area contributed by atoms with E-state index in [-0.39, 0.29) is 30.1 Å². The molecule has 11 N–H and O–H groups in total. The monoisotopic (exact) mass is 756 g/mol. The van der Waals surface area contributed by atoms with Gasteiger partial charge in [0.15, 0.2) is 48.0 Å². The van der Waals surface area contributed by atoms with Crippen molar-refractivity contribution >= 4 is 12.0 Å². The third kappa shape index (κ3) is 9.35. The molecule has 0 aromatic heterocycles. The first kappa shape index (κ1) is 40.5. The number of aliphatic hydroxyl groups excluding tert-OH is 6. The molecule has 3 saturated heterocycles. The minimum atomic E-state index is -2.05. The molecule has 3 heterocycles. The molecule has 19 nitrogen and oxygen atoms in total. The molecule has 53 heavy (non-hydrogen) atoms. The van der Waals surface area contributed by atoms with E-state index in [0.717, 1.165) is 6.08 Å². The van der Waals surface area contributed by atoms with Gasteiger partial charge >= 0.3 is 5.97 Å². The molecule has 2 aromatic rings. The lowest BCUT2D eigenvalue weighted by Crippen LogP contribution is -2.65. The molecular formula is C34H44O19. The number of carbonyl (C=O) groups excluding carboxylic acids is 1. The van der Waals surface area contributed by atoms with Crippen LogP contribution < -0.4 is 0 Å². The highest BCUT2D eigenvalue weighted by Gasteiger charge is 2.54. The van der Waals surface area contributed by atoms with E-state index >= 15 is 0 Å². The fourth-order valence-electron chi connectivity index (χ4n) is 5.87. The van der Waals surface area contributed by atoms with Crippen LogP contribution in [0.2, 0.25) is 0 Å².